The van der Waals surface area contributed by atoms with Gasteiger partial charge >= 0.3 is 0 Å². The van der Waals surface area contributed by atoms with E-state index in [4.69, 9.17) is 25.1 Å². The van der Waals surface area contributed by atoms with Crippen LogP contribution in [0.2, 0.25) is 0 Å². The molecule has 0 aliphatic carbocycles. The van der Waals surface area contributed by atoms with E-state index in [1.54, 1.807) is 36.4 Å². The van der Waals surface area contributed by atoms with Crippen molar-refractivity contribution in [3.8, 4) is 5.75 Å². The van der Waals surface area contributed by atoms with Gasteiger partial charge in [0.05, 0.1) is 13.2 Å². The first-order chi connectivity index (χ1) is 22.0. The number of hydrazine groups is 1. The highest BCUT2D eigenvalue weighted by Crippen LogP contribution is 2.43. The fourth-order valence-corrected chi connectivity index (χ4v) is 5.15. The van der Waals surface area contributed by atoms with Crippen LogP contribution in [0.25, 0.3) is 10.4 Å². The summed E-state index contributed by atoms with van der Waals surface area (Å²) >= 11 is 0. The van der Waals surface area contributed by atoms with Gasteiger partial charge in [-0.2, -0.15) is 0 Å². The highest BCUT2D eigenvalue weighted by atomic mass is 19.1. The summed E-state index contributed by atoms with van der Waals surface area (Å²) < 4.78 is 25.7. The second kappa shape index (κ2) is 15.0. The molecule has 1 aliphatic rings. The number of hydrogen-bond acceptors (Lipinski definition) is 7. The smallest absolute Gasteiger partial charge is 0.266 e. The van der Waals surface area contributed by atoms with Crippen molar-refractivity contribution in [1.82, 2.24) is 10.9 Å². The van der Waals surface area contributed by atoms with Crippen LogP contribution in [0, 0.1) is 5.82 Å². The van der Waals surface area contributed by atoms with Gasteiger partial charge in [0.1, 0.15) is 11.6 Å². The number of aliphatic imine (C=N–C) groups is 1. The van der Waals surface area contributed by atoms with E-state index in [1.165, 1.54) is 12.1 Å². The van der Waals surface area contributed by atoms with E-state index < -0.39 is 17.6 Å². The van der Waals surface area contributed by atoms with Crippen molar-refractivity contribution in [1.29, 1.82) is 0 Å². The number of benzene rings is 4. The lowest BCUT2D eigenvalue weighted by Crippen LogP contribution is -2.53. The molecule has 0 fully saturated rings. The van der Waals surface area contributed by atoms with Crippen LogP contribution in [0.5, 0.6) is 5.75 Å². The normalized spacial score (nSPS) is 17.1. The quantitative estimate of drug-likeness (QED) is 0.0552. The minimum absolute atomic E-state index is 0.0373. The maximum atomic E-state index is 14.4. The van der Waals surface area contributed by atoms with Gasteiger partial charge in [0, 0.05) is 36.5 Å². The molecule has 230 valence electrons. The molecule has 0 radical (unpaired) electrons. The SMILES string of the molecule is [N-]=[N+]=NCc1ccccc1[C@@H]1OC(c2ccc(OCCCO)cc2)=N[C@]1(Cc1ccccc1)C(=O)NNCc1ccc(F)cc1. The van der Waals surface area contributed by atoms with Crippen LogP contribution < -0.4 is 15.6 Å². The monoisotopic (exact) mass is 608 g/mol. The number of nitrogens with zero attached hydrogens (tertiary/aromatic N) is 4. The molecular weight excluding hydrogens is 575 g/mol. The van der Waals surface area contributed by atoms with Gasteiger partial charge in [-0.15, -0.1) is 0 Å². The second-order valence-corrected chi connectivity index (χ2v) is 10.5. The molecule has 11 heteroatoms. The number of nitrogens with one attached hydrogen (secondary N) is 2. The Labute approximate surface area is 260 Å². The Kier molecular flexibility index (Phi) is 10.4. The summed E-state index contributed by atoms with van der Waals surface area (Å²) in [7, 11) is 0. The van der Waals surface area contributed by atoms with Gasteiger partial charge in [0.2, 0.25) is 5.90 Å². The van der Waals surface area contributed by atoms with E-state index in [1.807, 2.05) is 54.6 Å². The summed E-state index contributed by atoms with van der Waals surface area (Å²) in [5.41, 5.74) is 17.0. The van der Waals surface area contributed by atoms with Crippen molar-refractivity contribution >= 4 is 11.8 Å². The van der Waals surface area contributed by atoms with Crippen LogP contribution in [-0.2, 0) is 29.0 Å². The molecule has 0 saturated carbocycles. The van der Waals surface area contributed by atoms with E-state index in [-0.39, 0.29) is 37.8 Å². The van der Waals surface area contributed by atoms with Gasteiger partial charge in [-0.05, 0) is 64.2 Å². The number of hydrogen-bond donors (Lipinski definition) is 3. The zero-order valence-electron chi connectivity index (χ0n) is 24.5. The first-order valence-electron chi connectivity index (χ1n) is 14.5. The van der Waals surface area contributed by atoms with Gasteiger partial charge in [0.25, 0.3) is 5.91 Å². The molecule has 4 aromatic rings. The van der Waals surface area contributed by atoms with Gasteiger partial charge in [-0.25, -0.2) is 14.8 Å². The molecule has 3 N–H and O–H groups in total. The molecule has 0 bridgehead atoms. The Morgan fingerprint density at radius 2 is 1.73 bits per heavy atom. The zero-order chi connectivity index (χ0) is 31.5. The maximum absolute atomic E-state index is 14.4. The standard InChI is InChI=1S/C34H33FN6O4/c35-28-15-11-25(12-16-28)22-37-40-33(43)34(21-24-7-2-1-3-8-24)31(30-10-5-4-9-27(30)23-38-41-36)45-32(39-34)26-13-17-29(18-14-26)44-20-6-19-42/h1-5,7-18,31,37,42H,6,19-23H2,(H,40,43)/t31-,34-/m0/s1. The summed E-state index contributed by atoms with van der Waals surface area (Å²) in [6, 6.07) is 30.1. The minimum atomic E-state index is -1.48. The third-order valence-electron chi connectivity index (χ3n) is 7.40. The molecule has 0 unspecified atom stereocenters. The Balaban J connectivity index is 1.54. The first-order valence-corrected chi connectivity index (χ1v) is 14.5. The summed E-state index contributed by atoms with van der Waals surface area (Å²) in [5.74, 6) is 0.114. The fourth-order valence-electron chi connectivity index (χ4n) is 5.15. The molecule has 0 spiro atoms. The molecule has 4 aromatic carbocycles. The number of rotatable bonds is 14. The molecule has 0 aromatic heterocycles. The van der Waals surface area contributed by atoms with Crippen molar-refractivity contribution in [2.45, 2.75) is 37.6 Å². The molecular formula is C34H33FN6O4. The lowest BCUT2D eigenvalue weighted by molar-refractivity contribution is -0.130. The summed E-state index contributed by atoms with van der Waals surface area (Å²) in [6.45, 7) is 0.729. The first kappa shape index (κ1) is 31.2. The Morgan fingerprint density at radius 3 is 2.47 bits per heavy atom. The van der Waals surface area contributed by atoms with E-state index in [0.29, 0.717) is 35.5 Å². The van der Waals surface area contributed by atoms with E-state index in [0.717, 1.165) is 11.1 Å². The van der Waals surface area contributed by atoms with Crippen LogP contribution >= 0.6 is 0 Å². The number of halogens is 1. The highest BCUT2D eigenvalue weighted by Gasteiger charge is 2.53. The molecule has 5 rings (SSSR count). The predicted molar refractivity (Wildman–Crippen MR) is 168 cm³/mol. The van der Waals surface area contributed by atoms with Crippen molar-refractivity contribution in [2.75, 3.05) is 13.2 Å². The van der Waals surface area contributed by atoms with Crippen LogP contribution in [0.3, 0.4) is 0 Å². The molecule has 45 heavy (non-hydrogen) atoms. The van der Waals surface area contributed by atoms with Gasteiger partial charge < -0.3 is 14.6 Å². The third kappa shape index (κ3) is 7.66. The Bertz CT molecular complexity index is 1660. The highest BCUT2D eigenvalue weighted by molar-refractivity contribution is 6.01. The third-order valence-corrected chi connectivity index (χ3v) is 7.40. The average Bonchev–Trinajstić information content (AvgIpc) is 3.45. The fraction of sp³-hybridized carbons (Fsp3) is 0.235. The number of aliphatic hydroxyl groups is 1. The predicted octanol–water partition coefficient (Wildman–Crippen LogP) is 5.72. The second-order valence-electron chi connectivity index (χ2n) is 10.5. The molecule has 10 nitrogen and oxygen atoms in total. The van der Waals surface area contributed by atoms with Crippen molar-refractivity contribution in [3.05, 3.63) is 147 Å². The topological polar surface area (TPSA) is 141 Å². The summed E-state index contributed by atoms with van der Waals surface area (Å²) in [4.78, 5) is 22.3. The number of carbonyl (C=O) groups excluding carboxylic acids is 1. The van der Waals surface area contributed by atoms with Crippen LogP contribution in [-0.4, -0.2) is 35.7 Å². The van der Waals surface area contributed by atoms with Gasteiger partial charge in [-0.1, -0.05) is 71.8 Å². The number of azide groups is 1. The largest absolute Gasteiger partial charge is 0.494 e. The van der Waals surface area contributed by atoms with E-state index >= 15 is 0 Å². The van der Waals surface area contributed by atoms with Gasteiger partial charge in [-0.3, -0.25) is 10.2 Å². The number of ether oxygens (including phenoxy) is 2. The van der Waals surface area contributed by atoms with Crippen molar-refractivity contribution in [2.24, 2.45) is 10.1 Å². The molecule has 1 amide bonds. The minimum Gasteiger partial charge on any atom is -0.494 e. The van der Waals surface area contributed by atoms with E-state index in [9.17, 15) is 9.18 Å². The van der Waals surface area contributed by atoms with E-state index in [2.05, 4.69) is 20.9 Å². The number of aliphatic hydroxyl groups excluding tert-OH is 1. The lowest BCUT2D eigenvalue weighted by Gasteiger charge is -2.31. The van der Waals surface area contributed by atoms with Crippen molar-refractivity contribution in [3.63, 3.8) is 0 Å². The summed E-state index contributed by atoms with van der Waals surface area (Å²) in [5, 5.41) is 12.8. The molecule has 1 aliphatic heterocycles. The summed E-state index contributed by atoms with van der Waals surface area (Å²) in [6.07, 6.45) is -0.170. The Morgan fingerprint density at radius 1 is 1.00 bits per heavy atom. The number of carbonyl (C=O) groups is 1. The van der Waals surface area contributed by atoms with Gasteiger partial charge in [0.15, 0.2) is 11.6 Å². The van der Waals surface area contributed by atoms with Crippen LogP contribution in [0.4, 0.5) is 4.39 Å². The Hall–Kier alpha value is -5.22. The number of amides is 1. The van der Waals surface area contributed by atoms with Crippen molar-refractivity contribution < 1.29 is 23.8 Å². The molecule has 0 saturated heterocycles. The average molecular weight is 609 g/mol. The zero-order valence-corrected chi connectivity index (χ0v) is 24.5. The molecule has 1 heterocycles. The maximum Gasteiger partial charge on any atom is 0.266 e. The lowest BCUT2D eigenvalue weighted by atomic mass is 9.81. The van der Waals surface area contributed by atoms with Crippen LogP contribution in [0.15, 0.2) is 113 Å². The van der Waals surface area contributed by atoms with Crippen LogP contribution in [0.1, 0.15) is 40.3 Å². The molecule has 2 atom stereocenters.